The Labute approximate surface area is 134 Å². The van der Waals surface area contributed by atoms with Crippen LogP contribution in [0.3, 0.4) is 0 Å². The first-order valence-electron chi connectivity index (χ1n) is 7.53. The highest BCUT2D eigenvalue weighted by Gasteiger charge is 2.10. The molecule has 1 amide bonds. The average molecular weight is 306 g/mol. The van der Waals surface area contributed by atoms with E-state index < -0.39 is 0 Å². The van der Waals surface area contributed by atoms with Gasteiger partial charge in [0.25, 0.3) is 5.91 Å². The predicted octanol–water partition coefficient (Wildman–Crippen LogP) is 2.86. The van der Waals surface area contributed by atoms with Gasteiger partial charge in [-0.2, -0.15) is 0 Å². The third kappa shape index (κ3) is 3.83. The molecule has 0 unspecified atom stereocenters. The van der Waals surface area contributed by atoms with Crippen LogP contribution in [0.15, 0.2) is 60.9 Å². The molecular weight excluding hydrogens is 288 g/mol. The summed E-state index contributed by atoms with van der Waals surface area (Å²) in [6.07, 6.45) is 3.26. The van der Waals surface area contributed by atoms with Crippen molar-refractivity contribution in [1.82, 2.24) is 15.3 Å². The summed E-state index contributed by atoms with van der Waals surface area (Å²) < 4.78 is 0. The van der Waals surface area contributed by atoms with E-state index in [0.717, 1.165) is 16.7 Å². The van der Waals surface area contributed by atoms with Crippen molar-refractivity contribution in [2.45, 2.75) is 13.0 Å². The highest BCUT2D eigenvalue weighted by Crippen LogP contribution is 2.11. The van der Waals surface area contributed by atoms with Gasteiger partial charge in [-0.3, -0.25) is 14.8 Å². The van der Waals surface area contributed by atoms with Crippen molar-refractivity contribution in [2.24, 2.45) is 0 Å². The van der Waals surface area contributed by atoms with Crippen molar-refractivity contribution in [3.8, 4) is 0 Å². The fourth-order valence-corrected chi connectivity index (χ4v) is 2.29. The smallest absolute Gasteiger partial charge is 0.251 e. The number of fused-ring (bicyclic) bond motifs is 1. The molecule has 1 atom stereocenters. The van der Waals surface area contributed by atoms with Gasteiger partial charge in [-0.05, 0) is 37.3 Å². The van der Waals surface area contributed by atoms with Crippen molar-refractivity contribution in [3.63, 3.8) is 0 Å². The molecule has 0 spiro atoms. The third-order valence-electron chi connectivity index (χ3n) is 3.50. The summed E-state index contributed by atoms with van der Waals surface area (Å²) in [6.45, 7) is 2.62. The van der Waals surface area contributed by atoms with Crippen LogP contribution in [0.4, 0.5) is 5.69 Å². The molecule has 5 nitrogen and oxygen atoms in total. The minimum atomic E-state index is -0.111. The van der Waals surface area contributed by atoms with Crippen molar-refractivity contribution in [3.05, 3.63) is 66.5 Å². The van der Waals surface area contributed by atoms with Crippen LogP contribution in [0.1, 0.15) is 17.3 Å². The zero-order chi connectivity index (χ0) is 16.1. The molecule has 0 saturated heterocycles. The number of amides is 1. The largest absolute Gasteiger partial charge is 0.383 e. The molecule has 0 fully saturated rings. The van der Waals surface area contributed by atoms with Crippen LogP contribution in [-0.4, -0.2) is 28.5 Å². The summed E-state index contributed by atoms with van der Waals surface area (Å²) in [5.41, 5.74) is 3.12. The van der Waals surface area contributed by atoms with Gasteiger partial charge in [0.15, 0.2) is 0 Å². The van der Waals surface area contributed by atoms with E-state index in [9.17, 15) is 4.79 Å². The van der Waals surface area contributed by atoms with Gasteiger partial charge in [-0.15, -0.1) is 0 Å². The van der Waals surface area contributed by atoms with Crippen LogP contribution in [0.5, 0.6) is 0 Å². The number of anilines is 1. The Balaban J connectivity index is 1.61. The molecule has 2 N–H and O–H groups in total. The van der Waals surface area contributed by atoms with E-state index in [1.807, 2.05) is 43.3 Å². The first-order valence-corrected chi connectivity index (χ1v) is 7.53. The maximum atomic E-state index is 12.3. The molecule has 5 heteroatoms. The molecule has 1 heterocycles. The number of rotatable bonds is 5. The number of hydrogen-bond acceptors (Lipinski definition) is 4. The standard InChI is InChI=1S/C18H18N4O/c1-13(12-21-15-5-3-2-4-6-15)22-18(23)14-7-8-16-17(11-14)20-10-9-19-16/h2-11,13,21H,12H2,1H3,(H,22,23)/t13-/m0/s1. The van der Waals surface area contributed by atoms with Gasteiger partial charge < -0.3 is 10.6 Å². The van der Waals surface area contributed by atoms with Crippen molar-refractivity contribution in [1.29, 1.82) is 0 Å². The maximum Gasteiger partial charge on any atom is 0.251 e. The topological polar surface area (TPSA) is 66.9 Å². The minimum Gasteiger partial charge on any atom is -0.383 e. The summed E-state index contributed by atoms with van der Waals surface area (Å²) in [5.74, 6) is -0.111. The van der Waals surface area contributed by atoms with Crippen molar-refractivity contribution >= 4 is 22.6 Å². The molecule has 0 aliphatic carbocycles. The van der Waals surface area contributed by atoms with Crippen LogP contribution in [0.25, 0.3) is 11.0 Å². The molecule has 116 valence electrons. The second kappa shape index (κ2) is 6.87. The Bertz CT molecular complexity index is 804. The predicted molar refractivity (Wildman–Crippen MR) is 91.4 cm³/mol. The zero-order valence-corrected chi connectivity index (χ0v) is 12.9. The highest BCUT2D eigenvalue weighted by atomic mass is 16.1. The van der Waals surface area contributed by atoms with Crippen molar-refractivity contribution in [2.75, 3.05) is 11.9 Å². The van der Waals surface area contributed by atoms with E-state index in [0.29, 0.717) is 12.1 Å². The maximum absolute atomic E-state index is 12.3. The average Bonchev–Trinajstić information content (AvgIpc) is 2.60. The molecule has 0 aliphatic heterocycles. The molecule has 23 heavy (non-hydrogen) atoms. The Morgan fingerprint density at radius 1 is 1.04 bits per heavy atom. The second-order valence-corrected chi connectivity index (χ2v) is 5.38. The molecular formula is C18H18N4O. The fraction of sp³-hybridized carbons (Fsp3) is 0.167. The SMILES string of the molecule is C[C@@H](CNc1ccccc1)NC(=O)c1ccc2nccnc2c1. The quantitative estimate of drug-likeness (QED) is 0.760. The number of hydrogen-bond donors (Lipinski definition) is 2. The van der Waals surface area contributed by atoms with Crippen LogP contribution < -0.4 is 10.6 Å². The van der Waals surface area contributed by atoms with E-state index in [1.54, 1.807) is 24.5 Å². The number of nitrogens with zero attached hydrogens (tertiary/aromatic N) is 2. The lowest BCUT2D eigenvalue weighted by molar-refractivity contribution is 0.0942. The zero-order valence-electron chi connectivity index (χ0n) is 12.9. The Kier molecular flexibility index (Phi) is 4.47. The molecule has 0 radical (unpaired) electrons. The number of aromatic nitrogens is 2. The number of carbonyl (C=O) groups excluding carboxylic acids is 1. The van der Waals surface area contributed by atoms with E-state index in [4.69, 9.17) is 0 Å². The van der Waals surface area contributed by atoms with Crippen LogP contribution >= 0.6 is 0 Å². The minimum absolute atomic E-state index is 0.000241. The molecule has 2 aromatic carbocycles. The molecule has 0 saturated carbocycles. The van der Waals surface area contributed by atoms with Gasteiger partial charge in [0.05, 0.1) is 11.0 Å². The van der Waals surface area contributed by atoms with E-state index >= 15 is 0 Å². The molecule has 3 rings (SSSR count). The molecule has 1 aromatic heterocycles. The summed E-state index contributed by atoms with van der Waals surface area (Å²) in [4.78, 5) is 20.7. The lowest BCUT2D eigenvalue weighted by Crippen LogP contribution is -2.37. The fourth-order valence-electron chi connectivity index (χ4n) is 2.29. The summed E-state index contributed by atoms with van der Waals surface area (Å²) in [6, 6.07) is 15.2. The Morgan fingerprint density at radius 3 is 2.57 bits per heavy atom. The van der Waals surface area contributed by atoms with Crippen LogP contribution in [-0.2, 0) is 0 Å². The summed E-state index contributed by atoms with van der Waals surface area (Å²) in [7, 11) is 0. The molecule has 3 aromatic rings. The highest BCUT2D eigenvalue weighted by molar-refractivity contribution is 5.97. The third-order valence-corrected chi connectivity index (χ3v) is 3.50. The lowest BCUT2D eigenvalue weighted by atomic mass is 10.1. The molecule has 0 aliphatic rings. The van der Waals surface area contributed by atoms with Crippen LogP contribution in [0.2, 0.25) is 0 Å². The van der Waals surface area contributed by atoms with Gasteiger partial charge in [0, 0.05) is 36.2 Å². The lowest BCUT2D eigenvalue weighted by Gasteiger charge is -2.15. The van der Waals surface area contributed by atoms with Gasteiger partial charge in [-0.25, -0.2) is 0 Å². The van der Waals surface area contributed by atoms with Crippen LogP contribution in [0, 0.1) is 0 Å². The van der Waals surface area contributed by atoms with Gasteiger partial charge in [0.2, 0.25) is 0 Å². The van der Waals surface area contributed by atoms with E-state index in [2.05, 4.69) is 20.6 Å². The first-order chi connectivity index (χ1) is 11.2. The van der Waals surface area contributed by atoms with Gasteiger partial charge >= 0.3 is 0 Å². The Hall–Kier alpha value is -2.95. The molecule has 0 bridgehead atoms. The number of carbonyl (C=O) groups is 1. The number of para-hydroxylation sites is 1. The first kappa shape index (κ1) is 15.0. The van der Waals surface area contributed by atoms with Gasteiger partial charge in [0.1, 0.15) is 0 Å². The van der Waals surface area contributed by atoms with Crippen molar-refractivity contribution < 1.29 is 4.79 Å². The van der Waals surface area contributed by atoms with E-state index in [-0.39, 0.29) is 11.9 Å². The Morgan fingerprint density at radius 2 is 1.78 bits per heavy atom. The van der Waals surface area contributed by atoms with E-state index in [1.165, 1.54) is 0 Å². The second-order valence-electron chi connectivity index (χ2n) is 5.38. The van der Waals surface area contributed by atoms with Gasteiger partial charge in [-0.1, -0.05) is 18.2 Å². The normalized spacial score (nSPS) is 11.9. The monoisotopic (exact) mass is 306 g/mol. The summed E-state index contributed by atoms with van der Waals surface area (Å²) >= 11 is 0. The number of benzene rings is 2. The summed E-state index contributed by atoms with van der Waals surface area (Å²) in [5, 5.41) is 6.28. The number of nitrogens with one attached hydrogen (secondary N) is 2.